The van der Waals surface area contributed by atoms with Gasteiger partial charge in [0.1, 0.15) is 5.75 Å². The zero-order valence-corrected chi connectivity index (χ0v) is 18.4. The molecule has 0 spiro atoms. The number of fused-ring (bicyclic) bond motifs is 1. The van der Waals surface area contributed by atoms with Gasteiger partial charge in [0.25, 0.3) is 5.91 Å². The zero-order valence-electron chi connectivity index (χ0n) is 16.8. The molecule has 2 heterocycles. The number of ether oxygens (including phenoxy) is 1. The summed E-state index contributed by atoms with van der Waals surface area (Å²) >= 11 is 2.99. The fraction of sp³-hybridized carbons (Fsp3) is 0.0833. The first-order chi connectivity index (χ1) is 15.1. The Hall–Kier alpha value is -3.29. The third-order valence-electron chi connectivity index (χ3n) is 4.55. The topological polar surface area (TPSA) is 67.4 Å². The number of para-hydroxylation sites is 1. The second kappa shape index (κ2) is 9.68. The molecule has 1 aliphatic rings. The van der Waals surface area contributed by atoms with Crippen LogP contribution in [0.3, 0.4) is 0 Å². The van der Waals surface area contributed by atoms with Gasteiger partial charge in [0.2, 0.25) is 5.91 Å². The van der Waals surface area contributed by atoms with Crippen LogP contribution in [0.25, 0.3) is 12.2 Å². The number of methoxy groups -OCH3 is 1. The molecule has 4 rings (SSSR count). The minimum atomic E-state index is -0.166. The van der Waals surface area contributed by atoms with Gasteiger partial charge < -0.3 is 15.4 Å². The number of rotatable bonds is 6. The molecule has 1 aliphatic heterocycles. The molecule has 0 unspecified atom stereocenters. The van der Waals surface area contributed by atoms with Crippen LogP contribution < -0.4 is 15.4 Å². The maximum absolute atomic E-state index is 12.3. The van der Waals surface area contributed by atoms with Crippen LogP contribution in [0, 0.1) is 0 Å². The number of thioether (sulfide) groups is 1. The Labute approximate surface area is 188 Å². The van der Waals surface area contributed by atoms with E-state index in [9.17, 15) is 9.59 Å². The van der Waals surface area contributed by atoms with E-state index in [2.05, 4.69) is 10.6 Å². The van der Waals surface area contributed by atoms with E-state index in [1.807, 2.05) is 66.1 Å². The SMILES string of the molecule is COc1ccc(CNC(=O)/C=C/c2csc(/C=C3/Sc4ccccc4NC3=O)c2)cc1. The van der Waals surface area contributed by atoms with Crippen molar-refractivity contribution in [2.75, 3.05) is 12.4 Å². The highest BCUT2D eigenvalue weighted by Gasteiger charge is 2.20. The van der Waals surface area contributed by atoms with Gasteiger partial charge in [-0.2, -0.15) is 0 Å². The molecule has 0 saturated heterocycles. The minimum Gasteiger partial charge on any atom is -0.497 e. The smallest absolute Gasteiger partial charge is 0.262 e. The summed E-state index contributed by atoms with van der Waals surface area (Å²) < 4.78 is 5.13. The third-order valence-corrected chi connectivity index (χ3v) is 6.54. The van der Waals surface area contributed by atoms with Crippen LogP contribution in [0.15, 0.2) is 75.9 Å². The number of carbonyl (C=O) groups is 2. The Morgan fingerprint density at radius 2 is 1.97 bits per heavy atom. The van der Waals surface area contributed by atoms with Gasteiger partial charge in [-0.25, -0.2) is 0 Å². The number of thiophene rings is 1. The molecule has 0 radical (unpaired) electrons. The molecule has 7 heteroatoms. The van der Waals surface area contributed by atoms with Crippen LogP contribution in [0.4, 0.5) is 5.69 Å². The van der Waals surface area contributed by atoms with Crippen LogP contribution >= 0.6 is 23.1 Å². The Morgan fingerprint density at radius 3 is 2.77 bits per heavy atom. The fourth-order valence-electron chi connectivity index (χ4n) is 2.93. The maximum Gasteiger partial charge on any atom is 0.262 e. The summed E-state index contributed by atoms with van der Waals surface area (Å²) in [6.45, 7) is 0.446. The van der Waals surface area contributed by atoms with Crippen LogP contribution in [0.1, 0.15) is 16.0 Å². The van der Waals surface area contributed by atoms with E-state index in [4.69, 9.17) is 4.74 Å². The molecule has 156 valence electrons. The van der Waals surface area contributed by atoms with Crippen molar-refractivity contribution in [3.63, 3.8) is 0 Å². The van der Waals surface area contributed by atoms with Gasteiger partial charge >= 0.3 is 0 Å². The average molecular weight is 449 g/mol. The van der Waals surface area contributed by atoms with Crippen LogP contribution in [0.5, 0.6) is 5.75 Å². The normalized spacial score (nSPS) is 14.4. The molecular formula is C24H20N2O3S2. The second-order valence-electron chi connectivity index (χ2n) is 6.74. The lowest BCUT2D eigenvalue weighted by Gasteiger charge is -2.17. The van der Waals surface area contributed by atoms with Crippen molar-refractivity contribution in [2.24, 2.45) is 0 Å². The van der Waals surface area contributed by atoms with E-state index in [-0.39, 0.29) is 11.8 Å². The first kappa shape index (κ1) is 21.0. The van der Waals surface area contributed by atoms with Gasteiger partial charge in [0.15, 0.2) is 0 Å². The average Bonchev–Trinajstić information content (AvgIpc) is 3.24. The van der Waals surface area contributed by atoms with Crippen molar-refractivity contribution >= 4 is 52.8 Å². The van der Waals surface area contributed by atoms with Gasteiger partial charge in [-0.1, -0.05) is 36.0 Å². The standard InChI is InChI=1S/C24H20N2O3S2/c1-29-18-9-6-16(7-10-18)14-25-23(27)11-8-17-12-19(30-15-17)13-22-24(28)26-20-4-2-3-5-21(20)31-22/h2-13,15H,14H2,1H3,(H,25,27)(H,26,28)/b11-8+,22-13+. The van der Waals surface area contributed by atoms with Crippen LogP contribution in [-0.4, -0.2) is 18.9 Å². The van der Waals surface area contributed by atoms with Gasteiger partial charge in [-0.3, -0.25) is 9.59 Å². The highest BCUT2D eigenvalue weighted by molar-refractivity contribution is 8.04. The summed E-state index contributed by atoms with van der Waals surface area (Å²) in [7, 11) is 1.62. The van der Waals surface area contributed by atoms with Crippen molar-refractivity contribution in [3.8, 4) is 5.75 Å². The van der Waals surface area contributed by atoms with Gasteiger partial charge in [0, 0.05) is 22.4 Å². The molecule has 0 saturated carbocycles. The highest BCUT2D eigenvalue weighted by Crippen LogP contribution is 2.39. The van der Waals surface area contributed by atoms with Crippen molar-refractivity contribution in [2.45, 2.75) is 11.4 Å². The molecule has 2 aromatic carbocycles. The van der Waals surface area contributed by atoms with E-state index in [0.717, 1.165) is 32.3 Å². The van der Waals surface area contributed by atoms with Gasteiger partial charge in [0.05, 0.1) is 17.7 Å². The molecule has 0 fully saturated rings. The molecule has 0 bridgehead atoms. The number of nitrogens with one attached hydrogen (secondary N) is 2. The molecule has 0 aliphatic carbocycles. The molecular weight excluding hydrogens is 428 g/mol. The predicted molar refractivity (Wildman–Crippen MR) is 127 cm³/mol. The van der Waals surface area contributed by atoms with E-state index >= 15 is 0 Å². The third kappa shape index (κ3) is 5.45. The summed E-state index contributed by atoms with van der Waals surface area (Å²) in [6, 6.07) is 17.3. The van der Waals surface area contributed by atoms with Gasteiger partial charge in [-0.05, 0) is 59.0 Å². The molecule has 31 heavy (non-hydrogen) atoms. The first-order valence-electron chi connectivity index (χ1n) is 9.58. The van der Waals surface area contributed by atoms with Crippen LogP contribution in [-0.2, 0) is 16.1 Å². The van der Waals surface area contributed by atoms with E-state index in [0.29, 0.717) is 11.4 Å². The van der Waals surface area contributed by atoms with E-state index < -0.39 is 0 Å². The van der Waals surface area contributed by atoms with E-state index in [1.165, 1.54) is 29.2 Å². The lowest BCUT2D eigenvalue weighted by molar-refractivity contribution is -0.116. The molecule has 3 aromatic rings. The first-order valence-corrected chi connectivity index (χ1v) is 11.3. The lowest BCUT2D eigenvalue weighted by atomic mass is 10.2. The van der Waals surface area contributed by atoms with E-state index in [1.54, 1.807) is 13.2 Å². The molecule has 5 nitrogen and oxygen atoms in total. The number of amides is 2. The summed E-state index contributed by atoms with van der Waals surface area (Å²) in [6.07, 6.45) is 5.16. The van der Waals surface area contributed by atoms with Crippen LogP contribution in [0.2, 0.25) is 0 Å². The monoisotopic (exact) mass is 448 g/mol. The summed E-state index contributed by atoms with van der Waals surface area (Å²) in [5.41, 5.74) is 2.75. The molecule has 2 amide bonds. The van der Waals surface area contributed by atoms with Crippen molar-refractivity contribution in [3.05, 3.63) is 87.0 Å². The highest BCUT2D eigenvalue weighted by atomic mass is 32.2. The lowest BCUT2D eigenvalue weighted by Crippen LogP contribution is -2.20. The number of anilines is 1. The summed E-state index contributed by atoms with van der Waals surface area (Å²) in [5, 5.41) is 7.73. The number of hydrogen-bond donors (Lipinski definition) is 2. The summed E-state index contributed by atoms with van der Waals surface area (Å²) in [5.74, 6) is 0.513. The van der Waals surface area contributed by atoms with Crippen molar-refractivity contribution in [1.82, 2.24) is 5.32 Å². The number of benzene rings is 2. The molecule has 1 aromatic heterocycles. The number of carbonyl (C=O) groups excluding carboxylic acids is 2. The largest absolute Gasteiger partial charge is 0.497 e. The fourth-order valence-corrected chi connectivity index (χ4v) is 4.75. The Kier molecular flexibility index (Phi) is 6.54. The Morgan fingerprint density at radius 1 is 1.16 bits per heavy atom. The predicted octanol–water partition coefficient (Wildman–Crippen LogP) is 5.17. The van der Waals surface area contributed by atoms with Crippen molar-refractivity contribution < 1.29 is 14.3 Å². The zero-order chi connectivity index (χ0) is 21.6. The number of hydrogen-bond acceptors (Lipinski definition) is 5. The molecule has 0 atom stereocenters. The van der Waals surface area contributed by atoms with Crippen molar-refractivity contribution in [1.29, 1.82) is 0 Å². The second-order valence-corrected chi connectivity index (χ2v) is 8.77. The maximum atomic E-state index is 12.3. The molecule has 2 N–H and O–H groups in total. The summed E-state index contributed by atoms with van der Waals surface area (Å²) in [4.78, 5) is 27.1. The Balaban J connectivity index is 1.35. The Bertz CT molecular complexity index is 1160. The quantitative estimate of drug-likeness (QED) is 0.511. The minimum absolute atomic E-state index is 0.105. The van der Waals surface area contributed by atoms with Gasteiger partial charge in [-0.15, -0.1) is 11.3 Å².